The Hall–Kier alpha value is -1.78. The summed E-state index contributed by atoms with van der Waals surface area (Å²) in [5, 5.41) is 3.63. The molecule has 26 heavy (non-hydrogen) atoms. The molecule has 3 heterocycles. The van der Waals surface area contributed by atoms with Crippen molar-refractivity contribution in [2.75, 3.05) is 25.6 Å². The second-order valence-electron chi connectivity index (χ2n) is 7.96. The van der Waals surface area contributed by atoms with Gasteiger partial charge in [-0.25, -0.2) is 0 Å². The average molecular weight is 367 g/mol. The molecular weight excluding hydrogens is 340 g/mol. The first-order valence-electron chi connectivity index (χ1n) is 9.67. The maximum Gasteiger partial charge on any atom is 0.108 e. The number of ether oxygens (including phenoxy) is 1. The first kappa shape index (κ1) is 16.4. The summed E-state index contributed by atoms with van der Waals surface area (Å²) in [6.07, 6.45) is 5.66. The van der Waals surface area contributed by atoms with Gasteiger partial charge in [0.2, 0.25) is 0 Å². The summed E-state index contributed by atoms with van der Waals surface area (Å²) >= 11 is 1.92. The predicted molar refractivity (Wildman–Crippen MR) is 109 cm³/mol. The third-order valence-corrected chi connectivity index (χ3v) is 7.39. The lowest BCUT2D eigenvalue weighted by atomic mass is 9.74. The van der Waals surface area contributed by atoms with Gasteiger partial charge >= 0.3 is 0 Å². The third-order valence-electron chi connectivity index (χ3n) is 6.32. The molecule has 0 atom stereocenters. The van der Waals surface area contributed by atoms with Gasteiger partial charge in [0.1, 0.15) is 5.60 Å². The van der Waals surface area contributed by atoms with Crippen molar-refractivity contribution >= 4 is 27.9 Å². The predicted octanol–water partition coefficient (Wildman–Crippen LogP) is 5.42. The number of fused-ring (bicyclic) bond motifs is 4. The number of rotatable bonds is 2. The molecule has 1 saturated carbocycles. The van der Waals surface area contributed by atoms with E-state index in [1.165, 1.54) is 40.7 Å². The number of hydrogen-bond acceptors (Lipinski definition) is 3. The fourth-order valence-corrected chi connectivity index (χ4v) is 6.14. The van der Waals surface area contributed by atoms with Crippen molar-refractivity contribution in [3.63, 3.8) is 0 Å². The molecule has 0 saturated heterocycles. The molecule has 2 aliphatic rings. The zero-order valence-electron chi connectivity index (χ0n) is 15.5. The Labute approximate surface area is 159 Å². The molecule has 1 fully saturated rings. The first-order chi connectivity index (χ1) is 12.7. The fourth-order valence-electron chi connectivity index (χ4n) is 5.00. The minimum absolute atomic E-state index is 0.0986. The number of anilines is 1. The molecule has 0 unspecified atom stereocenters. The Bertz CT molecular complexity index is 931. The second kappa shape index (κ2) is 6.14. The van der Waals surface area contributed by atoms with Crippen molar-refractivity contribution in [2.24, 2.45) is 0 Å². The van der Waals surface area contributed by atoms with Crippen molar-refractivity contribution < 1.29 is 4.74 Å². The molecule has 136 valence electrons. The van der Waals surface area contributed by atoms with Crippen LogP contribution in [-0.4, -0.2) is 25.7 Å². The quantitative estimate of drug-likeness (QED) is 0.656. The number of aromatic nitrogens is 1. The topological polar surface area (TPSA) is 28.3 Å². The standard InChI is InChI=1S/C22H26N2OS/c1-24(2)19-10-14-26-20(19)15-7-11-22(12-8-15)21-17(9-13-25-22)16-5-3-4-6-18(16)23-21/h3-6,10,14-15,23H,7-9,11-13H2,1-2H3. The number of nitrogens with one attached hydrogen (secondary N) is 1. The van der Waals surface area contributed by atoms with E-state index < -0.39 is 0 Å². The molecule has 4 heteroatoms. The average Bonchev–Trinajstić information content (AvgIpc) is 3.28. The molecule has 0 bridgehead atoms. The molecule has 1 aliphatic carbocycles. The Morgan fingerprint density at radius 3 is 2.77 bits per heavy atom. The Balaban J connectivity index is 1.46. The Morgan fingerprint density at radius 2 is 1.96 bits per heavy atom. The number of benzene rings is 1. The minimum Gasteiger partial charge on any atom is -0.377 e. The zero-order chi connectivity index (χ0) is 17.7. The maximum absolute atomic E-state index is 6.47. The van der Waals surface area contributed by atoms with Gasteiger partial charge in [-0.15, -0.1) is 11.3 Å². The fraction of sp³-hybridized carbons (Fsp3) is 0.455. The summed E-state index contributed by atoms with van der Waals surface area (Å²) in [5.74, 6) is 0.663. The largest absolute Gasteiger partial charge is 0.377 e. The Morgan fingerprint density at radius 1 is 1.15 bits per heavy atom. The molecule has 2 aromatic heterocycles. The van der Waals surface area contributed by atoms with Gasteiger partial charge < -0.3 is 14.6 Å². The number of aromatic amines is 1. The van der Waals surface area contributed by atoms with Crippen LogP contribution in [0.1, 0.15) is 47.7 Å². The van der Waals surface area contributed by atoms with Crippen LogP contribution in [0.3, 0.4) is 0 Å². The number of para-hydroxylation sites is 1. The van der Waals surface area contributed by atoms with Crippen LogP contribution in [0.15, 0.2) is 35.7 Å². The third kappa shape index (κ3) is 2.43. The van der Waals surface area contributed by atoms with E-state index in [-0.39, 0.29) is 5.60 Å². The lowest BCUT2D eigenvalue weighted by molar-refractivity contribution is -0.0898. The first-order valence-corrected chi connectivity index (χ1v) is 10.5. The zero-order valence-corrected chi connectivity index (χ0v) is 16.4. The van der Waals surface area contributed by atoms with E-state index in [0.29, 0.717) is 5.92 Å². The summed E-state index contributed by atoms with van der Waals surface area (Å²) in [4.78, 5) is 7.53. The van der Waals surface area contributed by atoms with E-state index in [4.69, 9.17) is 4.74 Å². The smallest absolute Gasteiger partial charge is 0.108 e. The second-order valence-corrected chi connectivity index (χ2v) is 8.90. The van der Waals surface area contributed by atoms with Crippen LogP contribution in [0, 0.1) is 0 Å². The number of thiophene rings is 1. The monoisotopic (exact) mass is 366 g/mol. The summed E-state index contributed by atoms with van der Waals surface area (Å²) in [6.45, 7) is 0.849. The molecule has 1 spiro atoms. The van der Waals surface area contributed by atoms with Crippen molar-refractivity contribution in [1.82, 2.24) is 4.98 Å². The van der Waals surface area contributed by atoms with Crippen LogP contribution < -0.4 is 4.90 Å². The van der Waals surface area contributed by atoms with Gasteiger partial charge in [0.15, 0.2) is 0 Å². The van der Waals surface area contributed by atoms with Crippen molar-refractivity contribution in [3.8, 4) is 0 Å². The molecule has 1 aliphatic heterocycles. The van der Waals surface area contributed by atoms with Crippen molar-refractivity contribution in [3.05, 3.63) is 51.8 Å². The van der Waals surface area contributed by atoms with Gasteiger partial charge in [0.25, 0.3) is 0 Å². The summed E-state index contributed by atoms with van der Waals surface area (Å²) < 4.78 is 6.47. The number of H-pyrrole nitrogens is 1. The SMILES string of the molecule is CN(C)c1ccsc1C1CCC2(CC1)OCCc1c2[nH]c2ccccc12. The van der Waals surface area contributed by atoms with Gasteiger partial charge in [-0.2, -0.15) is 0 Å². The van der Waals surface area contributed by atoms with Crippen molar-refractivity contribution in [1.29, 1.82) is 0 Å². The van der Waals surface area contributed by atoms with Gasteiger partial charge in [0, 0.05) is 29.9 Å². The van der Waals surface area contributed by atoms with Crippen LogP contribution in [0.4, 0.5) is 5.69 Å². The highest BCUT2D eigenvalue weighted by Crippen LogP contribution is 2.51. The normalized spacial score (nSPS) is 25.5. The maximum atomic E-state index is 6.47. The van der Waals surface area contributed by atoms with Crippen LogP contribution >= 0.6 is 11.3 Å². The molecule has 5 rings (SSSR count). The van der Waals surface area contributed by atoms with E-state index in [2.05, 4.69) is 59.7 Å². The van der Waals surface area contributed by atoms with Crippen LogP contribution in [0.5, 0.6) is 0 Å². The number of nitrogens with zero attached hydrogens (tertiary/aromatic N) is 1. The Kier molecular flexibility index (Phi) is 3.87. The van der Waals surface area contributed by atoms with E-state index >= 15 is 0 Å². The van der Waals surface area contributed by atoms with Gasteiger partial charge in [-0.05, 0) is 61.1 Å². The van der Waals surface area contributed by atoms with Gasteiger partial charge in [-0.1, -0.05) is 18.2 Å². The van der Waals surface area contributed by atoms with Crippen LogP contribution in [-0.2, 0) is 16.8 Å². The highest BCUT2D eigenvalue weighted by Gasteiger charge is 2.43. The highest BCUT2D eigenvalue weighted by molar-refractivity contribution is 7.10. The summed E-state index contributed by atoms with van der Waals surface area (Å²) in [7, 11) is 4.30. The van der Waals surface area contributed by atoms with Crippen LogP contribution in [0.25, 0.3) is 10.9 Å². The molecule has 3 nitrogen and oxygen atoms in total. The summed E-state index contributed by atoms with van der Waals surface area (Å²) in [5.41, 5.74) is 5.42. The molecule has 1 N–H and O–H groups in total. The molecule has 3 aromatic rings. The van der Waals surface area contributed by atoms with Crippen LogP contribution in [0.2, 0.25) is 0 Å². The molecule has 1 aromatic carbocycles. The lowest BCUT2D eigenvalue weighted by Gasteiger charge is -2.42. The number of hydrogen-bond donors (Lipinski definition) is 1. The molecular formula is C22H26N2OS. The molecule has 0 radical (unpaired) electrons. The highest BCUT2D eigenvalue weighted by atomic mass is 32.1. The van der Waals surface area contributed by atoms with Crippen molar-refractivity contribution in [2.45, 2.75) is 43.6 Å². The van der Waals surface area contributed by atoms with E-state index in [0.717, 1.165) is 25.9 Å². The van der Waals surface area contributed by atoms with E-state index in [1.54, 1.807) is 4.88 Å². The van der Waals surface area contributed by atoms with E-state index in [1.807, 2.05) is 11.3 Å². The van der Waals surface area contributed by atoms with Gasteiger partial charge in [0.05, 0.1) is 18.0 Å². The summed E-state index contributed by atoms with van der Waals surface area (Å²) in [6, 6.07) is 11.0. The van der Waals surface area contributed by atoms with Gasteiger partial charge in [-0.3, -0.25) is 0 Å². The minimum atomic E-state index is -0.0986. The molecule has 0 amide bonds. The lowest BCUT2D eigenvalue weighted by Crippen LogP contribution is -2.38. The van der Waals surface area contributed by atoms with E-state index in [9.17, 15) is 0 Å².